The highest BCUT2D eigenvalue weighted by Gasteiger charge is 2.25. The van der Waals surface area contributed by atoms with Crippen LogP contribution in [-0.2, 0) is 14.4 Å². The standard InChI is InChI=1S/C17H29N3O4/c1-11(2)14(9-12(3)17(23)24)20(4)15(21)10-19-16(22)13-5-7-18-8-6-13/h9,11,13-14,18H,5-8,10H2,1-4H3,(H,19,22)(H,23,24)/t14-/m1/s1. The third-order valence-corrected chi connectivity index (χ3v) is 4.41. The number of carbonyl (C=O) groups is 3. The summed E-state index contributed by atoms with van der Waals surface area (Å²) >= 11 is 0. The molecule has 0 aromatic carbocycles. The molecule has 0 unspecified atom stereocenters. The Morgan fingerprint density at radius 2 is 1.88 bits per heavy atom. The molecule has 7 heteroatoms. The lowest BCUT2D eigenvalue weighted by Crippen LogP contribution is -2.46. The summed E-state index contributed by atoms with van der Waals surface area (Å²) in [6.07, 6.45) is 3.15. The van der Waals surface area contributed by atoms with E-state index >= 15 is 0 Å². The number of likely N-dealkylation sites (N-methyl/N-ethyl adjacent to an activating group) is 1. The van der Waals surface area contributed by atoms with Crippen LogP contribution >= 0.6 is 0 Å². The molecule has 1 rings (SSSR count). The number of aliphatic carboxylic acids is 1. The monoisotopic (exact) mass is 339 g/mol. The average Bonchev–Trinajstić information content (AvgIpc) is 2.56. The van der Waals surface area contributed by atoms with E-state index in [4.69, 9.17) is 5.11 Å². The third-order valence-electron chi connectivity index (χ3n) is 4.41. The molecule has 1 heterocycles. The van der Waals surface area contributed by atoms with Crippen LogP contribution in [-0.4, -0.2) is 60.5 Å². The molecule has 1 atom stereocenters. The van der Waals surface area contributed by atoms with Crippen LogP contribution in [0.15, 0.2) is 11.6 Å². The normalized spacial score (nSPS) is 17.5. The zero-order chi connectivity index (χ0) is 18.3. The highest BCUT2D eigenvalue weighted by molar-refractivity contribution is 5.87. The van der Waals surface area contributed by atoms with Gasteiger partial charge in [0.05, 0.1) is 12.6 Å². The zero-order valence-electron chi connectivity index (χ0n) is 15.0. The summed E-state index contributed by atoms with van der Waals surface area (Å²) in [4.78, 5) is 37.0. The summed E-state index contributed by atoms with van der Waals surface area (Å²) in [5.74, 6) is -1.30. The van der Waals surface area contributed by atoms with Gasteiger partial charge in [-0.3, -0.25) is 9.59 Å². The van der Waals surface area contributed by atoms with Crippen LogP contribution in [0.3, 0.4) is 0 Å². The first-order valence-corrected chi connectivity index (χ1v) is 8.39. The van der Waals surface area contributed by atoms with Gasteiger partial charge in [0.25, 0.3) is 0 Å². The Balaban J connectivity index is 2.61. The van der Waals surface area contributed by atoms with Crippen LogP contribution in [0.1, 0.15) is 33.6 Å². The summed E-state index contributed by atoms with van der Waals surface area (Å²) in [5, 5.41) is 14.9. The molecule has 1 fully saturated rings. The van der Waals surface area contributed by atoms with Gasteiger partial charge in [-0.25, -0.2) is 4.79 Å². The number of rotatable bonds is 7. The second-order valence-corrected chi connectivity index (χ2v) is 6.64. The zero-order valence-corrected chi connectivity index (χ0v) is 15.0. The van der Waals surface area contributed by atoms with Gasteiger partial charge in [0.2, 0.25) is 11.8 Å². The summed E-state index contributed by atoms with van der Waals surface area (Å²) in [7, 11) is 1.63. The van der Waals surface area contributed by atoms with E-state index < -0.39 is 5.97 Å². The number of carbonyl (C=O) groups excluding carboxylic acids is 2. The van der Waals surface area contributed by atoms with Crippen molar-refractivity contribution in [3.63, 3.8) is 0 Å². The van der Waals surface area contributed by atoms with Crippen LogP contribution in [0.25, 0.3) is 0 Å². The van der Waals surface area contributed by atoms with Crippen molar-refractivity contribution in [1.29, 1.82) is 0 Å². The van der Waals surface area contributed by atoms with Crippen LogP contribution < -0.4 is 10.6 Å². The maximum atomic E-state index is 12.3. The molecule has 0 saturated carbocycles. The number of carboxylic acids is 1. The number of hydrogen-bond donors (Lipinski definition) is 3. The van der Waals surface area contributed by atoms with Gasteiger partial charge in [0.1, 0.15) is 0 Å². The van der Waals surface area contributed by atoms with Crippen molar-refractivity contribution < 1.29 is 19.5 Å². The molecular weight excluding hydrogens is 310 g/mol. The van der Waals surface area contributed by atoms with Gasteiger partial charge in [-0.2, -0.15) is 0 Å². The molecule has 3 N–H and O–H groups in total. The molecule has 1 aliphatic rings. The second kappa shape index (κ2) is 9.42. The molecule has 1 saturated heterocycles. The summed E-state index contributed by atoms with van der Waals surface area (Å²) in [6, 6.07) is -0.329. The van der Waals surface area contributed by atoms with Gasteiger partial charge in [-0.1, -0.05) is 19.9 Å². The maximum Gasteiger partial charge on any atom is 0.331 e. The number of nitrogens with one attached hydrogen (secondary N) is 2. The number of piperidine rings is 1. The fourth-order valence-corrected chi connectivity index (χ4v) is 2.76. The smallest absolute Gasteiger partial charge is 0.331 e. The van der Waals surface area contributed by atoms with Crippen LogP contribution in [0.2, 0.25) is 0 Å². The lowest BCUT2D eigenvalue weighted by molar-refractivity contribution is -0.135. The molecule has 0 aromatic rings. The first-order chi connectivity index (χ1) is 11.2. The van der Waals surface area contributed by atoms with Gasteiger partial charge in [0.15, 0.2) is 0 Å². The van der Waals surface area contributed by atoms with Crippen molar-refractivity contribution in [1.82, 2.24) is 15.5 Å². The van der Waals surface area contributed by atoms with Crippen LogP contribution in [0, 0.1) is 11.8 Å². The minimum absolute atomic E-state index is 0.0422. The van der Waals surface area contributed by atoms with Crippen molar-refractivity contribution in [2.75, 3.05) is 26.7 Å². The molecule has 2 amide bonds. The topological polar surface area (TPSA) is 98.7 Å². The van der Waals surface area contributed by atoms with Crippen molar-refractivity contribution in [2.45, 2.75) is 39.7 Å². The summed E-state index contributed by atoms with van der Waals surface area (Å²) in [6.45, 7) is 6.93. The molecule has 0 aromatic heterocycles. The molecule has 1 aliphatic heterocycles. The van der Waals surface area contributed by atoms with E-state index in [0.717, 1.165) is 25.9 Å². The van der Waals surface area contributed by atoms with E-state index in [0.29, 0.717) is 0 Å². The number of nitrogens with zero attached hydrogens (tertiary/aromatic N) is 1. The van der Waals surface area contributed by atoms with E-state index in [-0.39, 0.29) is 41.8 Å². The molecular formula is C17H29N3O4. The van der Waals surface area contributed by atoms with Crippen molar-refractivity contribution in [3.8, 4) is 0 Å². The SMILES string of the molecule is CC(=C[C@H](C(C)C)N(C)C(=O)CNC(=O)C1CCNCC1)C(=O)O. The van der Waals surface area contributed by atoms with Gasteiger partial charge >= 0.3 is 5.97 Å². The molecule has 136 valence electrons. The largest absolute Gasteiger partial charge is 0.478 e. The Bertz CT molecular complexity index is 496. The van der Waals surface area contributed by atoms with E-state index in [1.165, 1.54) is 11.8 Å². The first kappa shape index (κ1) is 20.2. The van der Waals surface area contributed by atoms with Crippen LogP contribution in [0.4, 0.5) is 0 Å². The van der Waals surface area contributed by atoms with E-state index in [9.17, 15) is 14.4 Å². The molecule has 0 aliphatic carbocycles. The Morgan fingerprint density at radius 3 is 2.38 bits per heavy atom. The third kappa shape index (κ3) is 5.96. The fourth-order valence-electron chi connectivity index (χ4n) is 2.76. The lowest BCUT2D eigenvalue weighted by Gasteiger charge is -2.30. The maximum absolute atomic E-state index is 12.3. The lowest BCUT2D eigenvalue weighted by atomic mass is 9.97. The van der Waals surface area contributed by atoms with Crippen molar-refractivity contribution in [3.05, 3.63) is 11.6 Å². The van der Waals surface area contributed by atoms with Gasteiger partial charge in [-0.05, 0) is 38.8 Å². The van der Waals surface area contributed by atoms with Gasteiger partial charge in [0, 0.05) is 18.5 Å². The Hall–Kier alpha value is -1.89. The number of carboxylic acid groups (broad SMARTS) is 1. The molecule has 24 heavy (non-hydrogen) atoms. The first-order valence-electron chi connectivity index (χ1n) is 8.39. The quantitative estimate of drug-likeness (QED) is 0.591. The molecule has 0 radical (unpaired) electrons. The Morgan fingerprint density at radius 1 is 1.29 bits per heavy atom. The molecule has 0 spiro atoms. The van der Waals surface area contributed by atoms with Crippen molar-refractivity contribution >= 4 is 17.8 Å². The summed E-state index contributed by atoms with van der Waals surface area (Å²) in [5.41, 5.74) is 0.201. The fraction of sp³-hybridized carbons (Fsp3) is 0.706. The summed E-state index contributed by atoms with van der Waals surface area (Å²) < 4.78 is 0. The second-order valence-electron chi connectivity index (χ2n) is 6.64. The van der Waals surface area contributed by atoms with E-state index in [2.05, 4.69) is 10.6 Å². The highest BCUT2D eigenvalue weighted by Crippen LogP contribution is 2.14. The Kier molecular flexibility index (Phi) is 7.91. The van der Waals surface area contributed by atoms with Crippen molar-refractivity contribution in [2.24, 2.45) is 11.8 Å². The van der Waals surface area contributed by atoms with Gasteiger partial charge < -0.3 is 20.6 Å². The van der Waals surface area contributed by atoms with Crippen LogP contribution in [0.5, 0.6) is 0 Å². The minimum Gasteiger partial charge on any atom is -0.478 e. The average molecular weight is 339 g/mol. The van der Waals surface area contributed by atoms with E-state index in [1.807, 2.05) is 13.8 Å². The van der Waals surface area contributed by atoms with Gasteiger partial charge in [-0.15, -0.1) is 0 Å². The highest BCUT2D eigenvalue weighted by atomic mass is 16.4. The number of hydrogen-bond acceptors (Lipinski definition) is 4. The predicted octanol–water partition coefficient (Wildman–Crippen LogP) is 0.616. The predicted molar refractivity (Wildman–Crippen MR) is 91.4 cm³/mol. The molecule has 0 bridgehead atoms. The van der Waals surface area contributed by atoms with E-state index in [1.54, 1.807) is 13.1 Å². The number of amides is 2. The Labute approximate surface area is 143 Å². The minimum atomic E-state index is -0.999. The molecule has 7 nitrogen and oxygen atoms in total.